The van der Waals surface area contributed by atoms with Gasteiger partial charge in [-0.3, -0.25) is 9.69 Å². The Morgan fingerprint density at radius 2 is 2.05 bits per heavy atom. The van der Waals surface area contributed by atoms with Gasteiger partial charge in [0.05, 0.1) is 0 Å². The third kappa shape index (κ3) is 3.78. The van der Waals surface area contributed by atoms with Crippen molar-refractivity contribution in [2.45, 2.75) is 11.1 Å². The molecular weight excluding hydrogens is 298 g/mol. The molecule has 2 heterocycles. The van der Waals surface area contributed by atoms with E-state index in [1.54, 1.807) is 17.5 Å². The molecular formula is C12H19N3O3S2. The summed E-state index contributed by atoms with van der Waals surface area (Å²) in [7, 11) is -3.32. The minimum Gasteiger partial charge on any atom is -0.355 e. The summed E-state index contributed by atoms with van der Waals surface area (Å²) in [6.45, 7) is 5.25. The van der Waals surface area contributed by atoms with Gasteiger partial charge in [0.15, 0.2) is 0 Å². The van der Waals surface area contributed by atoms with Gasteiger partial charge in [0.1, 0.15) is 4.21 Å². The molecule has 8 heteroatoms. The van der Waals surface area contributed by atoms with Crippen LogP contribution in [-0.2, 0) is 14.8 Å². The van der Waals surface area contributed by atoms with Crippen LogP contribution in [-0.4, -0.2) is 62.8 Å². The number of sulfonamides is 1. The van der Waals surface area contributed by atoms with Crippen LogP contribution in [0.15, 0.2) is 21.7 Å². The van der Waals surface area contributed by atoms with Crippen LogP contribution in [0.25, 0.3) is 0 Å². The zero-order valence-electron chi connectivity index (χ0n) is 11.4. The van der Waals surface area contributed by atoms with E-state index in [1.807, 2.05) is 0 Å². The molecule has 0 unspecified atom stereocenters. The molecule has 1 aliphatic heterocycles. The topological polar surface area (TPSA) is 69.7 Å². The monoisotopic (exact) mass is 317 g/mol. The molecule has 20 heavy (non-hydrogen) atoms. The molecule has 1 saturated heterocycles. The Labute approximate surface area is 123 Å². The van der Waals surface area contributed by atoms with E-state index in [2.05, 4.69) is 10.2 Å². The summed E-state index contributed by atoms with van der Waals surface area (Å²) >= 11 is 1.25. The molecule has 0 atom stereocenters. The third-order valence-corrected chi connectivity index (χ3v) is 6.49. The lowest BCUT2D eigenvalue weighted by Gasteiger charge is -2.33. The highest BCUT2D eigenvalue weighted by atomic mass is 32.2. The normalized spacial score (nSPS) is 18.1. The highest BCUT2D eigenvalue weighted by molar-refractivity contribution is 7.91. The van der Waals surface area contributed by atoms with Crippen LogP contribution in [0.3, 0.4) is 0 Å². The first-order valence-corrected chi connectivity index (χ1v) is 8.82. The molecule has 1 aromatic rings. The van der Waals surface area contributed by atoms with Gasteiger partial charge in [0.25, 0.3) is 10.0 Å². The van der Waals surface area contributed by atoms with Crippen molar-refractivity contribution in [1.82, 2.24) is 14.5 Å². The van der Waals surface area contributed by atoms with Gasteiger partial charge in [-0.15, -0.1) is 11.3 Å². The highest BCUT2D eigenvalue weighted by Gasteiger charge is 2.28. The van der Waals surface area contributed by atoms with Crippen LogP contribution in [0.1, 0.15) is 6.92 Å². The van der Waals surface area contributed by atoms with Crippen molar-refractivity contribution >= 4 is 27.3 Å². The Morgan fingerprint density at radius 3 is 2.60 bits per heavy atom. The first kappa shape index (κ1) is 15.4. The van der Waals surface area contributed by atoms with Crippen molar-refractivity contribution in [1.29, 1.82) is 0 Å². The molecule has 0 radical (unpaired) electrons. The van der Waals surface area contributed by atoms with E-state index >= 15 is 0 Å². The number of nitrogens with zero attached hydrogens (tertiary/aromatic N) is 2. The summed E-state index contributed by atoms with van der Waals surface area (Å²) in [6, 6.07) is 3.39. The lowest BCUT2D eigenvalue weighted by Crippen LogP contribution is -2.49. The number of carbonyl (C=O) groups excluding carboxylic acids is 1. The fraction of sp³-hybridized carbons (Fsp3) is 0.583. The van der Waals surface area contributed by atoms with Crippen molar-refractivity contribution < 1.29 is 13.2 Å². The van der Waals surface area contributed by atoms with Crippen molar-refractivity contribution in [2.75, 3.05) is 39.3 Å². The number of amides is 1. The smallest absolute Gasteiger partial charge is 0.252 e. The second kappa shape index (κ2) is 6.66. The molecule has 0 spiro atoms. The molecule has 0 bridgehead atoms. The zero-order chi connectivity index (χ0) is 14.6. The summed E-state index contributed by atoms with van der Waals surface area (Å²) in [6.07, 6.45) is 0. The standard InChI is InChI=1S/C12H19N3O3S2/c1-11(16)13-4-5-14-6-8-15(9-7-14)20(17,18)12-3-2-10-19-12/h2-3,10H,4-9H2,1H3,(H,13,16). The lowest BCUT2D eigenvalue weighted by molar-refractivity contribution is -0.119. The van der Waals surface area contributed by atoms with Gasteiger partial charge in [0, 0.05) is 46.2 Å². The summed E-state index contributed by atoms with van der Waals surface area (Å²) in [5.41, 5.74) is 0. The Bertz CT molecular complexity index is 534. The van der Waals surface area contributed by atoms with Gasteiger partial charge in [-0.2, -0.15) is 4.31 Å². The Morgan fingerprint density at radius 1 is 1.35 bits per heavy atom. The molecule has 0 aromatic carbocycles. The molecule has 1 aliphatic rings. The van der Waals surface area contributed by atoms with E-state index in [-0.39, 0.29) is 5.91 Å². The predicted molar refractivity (Wildman–Crippen MR) is 78.2 cm³/mol. The summed E-state index contributed by atoms with van der Waals surface area (Å²) < 4.78 is 26.6. The summed E-state index contributed by atoms with van der Waals surface area (Å²) in [5, 5.41) is 4.52. The van der Waals surface area contributed by atoms with E-state index in [4.69, 9.17) is 0 Å². The average Bonchev–Trinajstić information content (AvgIpc) is 2.93. The fourth-order valence-corrected chi connectivity index (χ4v) is 4.69. The number of carbonyl (C=O) groups is 1. The molecule has 6 nitrogen and oxygen atoms in total. The van der Waals surface area contributed by atoms with Gasteiger partial charge in [-0.05, 0) is 11.4 Å². The third-order valence-electron chi connectivity index (χ3n) is 3.22. The van der Waals surface area contributed by atoms with Gasteiger partial charge < -0.3 is 5.32 Å². The van der Waals surface area contributed by atoms with Crippen molar-refractivity contribution in [3.63, 3.8) is 0 Å². The molecule has 0 aliphatic carbocycles. The number of thiophene rings is 1. The van der Waals surface area contributed by atoms with E-state index in [0.29, 0.717) is 36.9 Å². The number of piperazine rings is 1. The largest absolute Gasteiger partial charge is 0.355 e. The quantitative estimate of drug-likeness (QED) is 0.842. The van der Waals surface area contributed by atoms with Gasteiger partial charge in [-0.1, -0.05) is 6.07 Å². The number of nitrogens with one attached hydrogen (secondary N) is 1. The van der Waals surface area contributed by atoms with Crippen LogP contribution in [0.5, 0.6) is 0 Å². The van der Waals surface area contributed by atoms with Gasteiger partial charge >= 0.3 is 0 Å². The Kier molecular flexibility index (Phi) is 5.14. The van der Waals surface area contributed by atoms with Crippen LogP contribution < -0.4 is 5.32 Å². The van der Waals surface area contributed by atoms with Crippen molar-refractivity contribution in [3.05, 3.63) is 17.5 Å². The van der Waals surface area contributed by atoms with E-state index in [0.717, 1.165) is 6.54 Å². The van der Waals surface area contributed by atoms with E-state index < -0.39 is 10.0 Å². The molecule has 1 amide bonds. The molecule has 1 fully saturated rings. The van der Waals surface area contributed by atoms with Crippen LogP contribution >= 0.6 is 11.3 Å². The van der Waals surface area contributed by atoms with Crippen LogP contribution in [0.4, 0.5) is 0 Å². The molecule has 1 aromatic heterocycles. The Hall–Kier alpha value is -0.960. The Balaban J connectivity index is 1.84. The number of rotatable bonds is 5. The van der Waals surface area contributed by atoms with Crippen molar-refractivity contribution in [3.8, 4) is 0 Å². The number of hydrogen-bond donors (Lipinski definition) is 1. The minimum atomic E-state index is -3.32. The molecule has 112 valence electrons. The maximum absolute atomic E-state index is 12.3. The van der Waals surface area contributed by atoms with Crippen molar-refractivity contribution in [2.24, 2.45) is 0 Å². The second-order valence-corrected chi connectivity index (χ2v) is 7.77. The SMILES string of the molecule is CC(=O)NCCN1CCN(S(=O)(=O)c2cccs2)CC1. The zero-order valence-corrected chi connectivity index (χ0v) is 13.0. The second-order valence-electron chi connectivity index (χ2n) is 4.66. The summed E-state index contributed by atoms with van der Waals surface area (Å²) in [4.78, 5) is 12.9. The first-order chi connectivity index (χ1) is 9.50. The van der Waals surface area contributed by atoms with E-state index in [1.165, 1.54) is 22.6 Å². The maximum atomic E-state index is 12.3. The molecule has 2 rings (SSSR count). The number of hydrogen-bond acceptors (Lipinski definition) is 5. The minimum absolute atomic E-state index is 0.0380. The first-order valence-electron chi connectivity index (χ1n) is 6.50. The molecule has 1 N–H and O–H groups in total. The maximum Gasteiger partial charge on any atom is 0.252 e. The van der Waals surface area contributed by atoms with E-state index in [9.17, 15) is 13.2 Å². The van der Waals surface area contributed by atoms with Crippen LogP contribution in [0.2, 0.25) is 0 Å². The fourth-order valence-electron chi connectivity index (χ4n) is 2.12. The lowest BCUT2D eigenvalue weighted by atomic mass is 10.3. The highest BCUT2D eigenvalue weighted by Crippen LogP contribution is 2.21. The predicted octanol–water partition coefficient (Wildman–Crippen LogP) is 0.190. The van der Waals surface area contributed by atoms with Crippen LogP contribution in [0, 0.1) is 0 Å². The van der Waals surface area contributed by atoms with Gasteiger partial charge in [0.2, 0.25) is 5.91 Å². The van der Waals surface area contributed by atoms with Gasteiger partial charge in [-0.25, -0.2) is 8.42 Å². The average molecular weight is 317 g/mol. The molecule has 0 saturated carbocycles. The summed E-state index contributed by atoms with van der Waals surface area (Å²) in [5.74, 6) is -0.0380.